The van der Waals surface area contributed by atoms with E-state index in [0.29, 0.717) is 46.6 Å². The maximum absolute atomic E-state index is 15.6. The molecule has 0 N–H and O–H groups in total. The van der Waals surface area contributed by atoms with Gasteiger partial charge in [-0.25, -0.2) is 9.18 Å². The van der Waals surface area contributed by atoms with E-state index < -0.39 is 5.82 Å². The van der Waals surface area contributed by atoms with Crippen LogP contribution in [0.2, 0.25) is 4.34 Å². The molecule has 170 valence electrons. The fourth-order valence-corrected chi connectivity index (χ4v) is 6.42. The Balaban J connectivity index is 1.59. The molecule has 0 saturated carbocycles. The number of halogens is 2. The molecule has 6 nitrogen and oxygen atoms in total. The van der Waals surface area contributed by atoms with Gasteiger partial charge in [0.05, 0.1) is 9.21 Å². The third-order valence-corrected chi connectivity index (χ3v) is 8.60. The molecule has 0 spiro atoms. The SMILES string of the molecule is CN(C)C(=O)N1CCC(c2nn(C(=O)c3cccs3)c(SCc3ccc(Cl)s3)c2F)CC1. The minimum atomic E-state index is -0.444. The minimum Gasteiger partial charge on any atom is -0.331 e. The van der Waals surface area contributed by atoms with E-state index in [-0.39, 0.29) is 22.9 Å². The van der Waals surface area contributed by atoms with Gasteiger partial charge in [0.1, 0.15) is 10.7 Å². The fourth-order valence-electron chi connectivity index (χ4n) is 3.62. The lowest BCUT2D eigenvalue weighted by Crippen LogP contribution is -2.43. The average Bonchev–Trinajstić information content (AvgIpc) is 3.52. The summed E-state index contributed by atoms with van der Waals surface area (Å²) in [5.74, 6) is -0.432. The molecule has 1 saturated heterocycles. The zero-order chi connectivity index (χ0) is 22.8. The van der Waals surface area contributed by atoms with Gasteiger partial charge in [0.25, 0.3) is 5.91 Å². The predicted octanol–water partition coefficient (Wildman–Crippen LogP) is 5.64. The summed E-state index contributed by atoms with van der Waals surface area (Å²) >= 11 is 10.0. The number of piperidine rings is 1. The Morgan fingerprint density at radius 1 is 1.28 bits per heavy atom. The number of thioether (sulfide) groups is 1. The van der Waals surface area contributed by atoms with Gasteiger partial charge in [0.2, 0.25) is 0 Å². The summed E-state index contributed by atoms with van der Waals surface area (Å²) < 4.78 is 17.5. The highest BCUT2D eigenvalue weighted by molar-refractivity contribution is 7.98. The van der Waals surface area contributed by atoms with Crippen LogP contribution in [-0.4, -0.2) is 58.7 Å². The largest absolute Gasteiger partial charge is 0.331 e. The van der Waals surface area contributed by atoms with Crippen LogP contribution in [0.4, 0.5) is 9.18 Å². The smallest absolute Gasteiger partial charge is 0.319 e. The Morgan fingerprint density at radius 3 is 2.62 bits per heavy atom. The normalized spacial score (nSPS) is 14.7. The maximum atomic E-state index is 15.6. The molecule has 2 amide bonds. The lowest BCUT2D eigenvalue weighted by Gasteiger charge is -2.33. The number of aromatic nitrogens is 2. The first-order valence-electron chi connectivity index (χ1n) is 10.0. The summed E-state index contributed by atoms with van der Waals surface area (Å²) in [6, 6.07) is 7.16. The molecule has 4 heterocycles. The van der Waals surface area contributed by atoms with Crippen LogP contribution in [0.15, 0.2) is 34.7 Å². The van der Waals surface area contributed by atoms with E-state index in [1.807, 2.05) is 11.4 Å². The van der Waals surface area contributed by atoms with Crippen LogP contribution < -0.4 is 0 Å². The summed E-state index contributed by atoms with van der Waals surface area (Å²) in [5, 5.41) is 6.48. The van der Waals surface area contributed by atoms with E-state index in [0.717, 1.165) is 4.88 Å². The molecule has 32 heavy (non-hydrogen) atoms. The molecule has 0 bridgehead atoms. The number of carbonyl (C=O) groups excluding carboxylic acids is 2. The van der Waals surface area contributed by atoms with Crippen LogP contribution in [0.25, 0.3) is 0 Å². The second-order valence-corrected chi connectivity index (χ2v) is 11.3. The van der Waals surface area contributed by atoms with Gasteiger partial charge in [-0.1, -0.05) is 29.4 Å². The van der Waals surface area contributed by atoms with Gasteiger partial charge in [-0.15, -0.1) is 22.7 Å². The van der Waals surface area contributed by atoms with Crippen molar-refractivity contribution in [3.8, 4) is 0 Å². The number of amides is 2. The number of urea groups is 1. The summed E-state index contributed by atoms with van der Waals surface area (Å²) in [6.07, 6.45) is 1.21. The lowest BCUT2D eigenvalue weighted by molar-refractivity contribution is 0.0937. The predicted molar refractivity (Wildman–Crippen MR) is 128 cm³/mol. The highest BCUT2D eigenvalue weighted by Gasteiger charge is 2.32. The number of rotatable bonds is 5. The number of hydrogen-bond acceptors (Lipinski definition) is 6. The van der Waals surface area contributed by atoms with Crippen molar-refractivity contribution >= 4 is 58.0 Å². The Hall–Kier alpha value is -1.88. The van der Waals surface area contributed by atoms with Gasteiger partial charge in [-0.3, -0.25) is 4.79 Å². The molecule has 11 heteroatoms. The van der Waals surface area contributed by atoms with Gasteiger partial charge < -0.3 is 9.80 Å². The molecule has 0 unspecified atom stereocenters. The van der Waals surface area contributed by atoms with Gasteiger partial charge in [-0.2, -0.15) is 9.78 Å². The molecule has 0 aromatic carbocycles. The monoisotopic (exact) mass is 512 g/mol. The summed E-state index contributed by atoms with van der Waals surface area (Å²) in [6.45, 7) is 1.06. The third-order valence-electron chi connectivity index (χ3n) is 5.25. The zero-order valence-corrected chi connectivity index (χ0v) is 20.8. The topological polar surface area (TPSA) is 58.4 Å². The molecule has 4 rings (SSSR count). The van der Waals surface area contributed by atoms with Crippen LogP contribution >= 0.6 is 46.0 Å². The summed E-state index contributed by atoms with van der Waals surface area (Å²) in [7, 11) is 3.44. The molecule has 1 aliphatic heterocycles. The molecule has 0 aliphatic carbocycles. The van der Waals surface area contributed by atoms with Crippen molar-refractivity contribution in [2.75, 3.05) is 27.2 Å². The standard InChI is InChI=1S/C21H22ClFN4O2S3/c1-25(2)21(29)26-9-7-13(8-10-26)18-17(23)20(31-12-14-5-6-16(22)32-14)27(24-18)19(28)15-4-3-11-30-15/h3-6,11,13H,7-10,12H2,1-2H3. The van der Waals surface area contributed by atoms with Crippen molar-refractivity contribution in [1.82, 2.24) is 19.6 Å². The van der Waals surface area contributed by atoms with Crippen molar-refractivity contribution in [3.63, 3.8) is 0 Å². The van der Waals surface area contributed by atoms with E-state index >= 15 is 4.39 Å². The Kier molecular flexibility index (Phi) is 7.24. The Labute approximate surface area is 203 Å². The minimum absolute atomic E-state index is 0.0480. The third kappa shape index (κ3) is 4.88. The quantitative estimate of drug-likeness (QED) is 0.415. The molecule has 1 aliphatic rings. The Morgan fingerprint density at radius 2 is 2.03 bits per heavy atom. The van der Waals surface area contributed by atoms with Crippen molar-refractivity contribution < 1.29 is 14.0 Å². The van der Waals surface area contributed by atoms with Crippen LogP contribution in [0.5, 0.6) is 0 Å². The van der Waals surface area contributed by atoms with Gasteiger partial charge in [-0.05, 0) is 36.4 Å². The maximum Gasteiger partial charge on any atom is 0.319 e. The fraction of sp³-hybridized carbons (Fsp3) is 0.381. The average molecular weight is 513 g/mol. The van der Waals surface area contributed by atoms with Crippen LogP contribution in [0.1, 0.15) is 39.0 Å². The zero-order valence-electron chi connectivity index (χ0n) is 17.6. The lowest BCUT2D eigenvalue weighted by atomic mass is 9.93. The van der Waals surface area contributed by atoms with Gasteiger partial charge in [0, 0.05) is 43.7 Å². The first-order chi connectivity index (χ1) is 15.3. The van der Waals surface area contributed by atoms with Crippen molar-refractivity contribution in [2.45, 2.75) is 29.5 Å². The van der Waals surface area contributed by atoms with Gasteiger partial charge in [0.15, 0.2) is 5.82 Å². The van der Waals surface area contributed by atoms with E-state index in [1.165, 1.54) is 39.1 Å². The molecule has 0 radical (unpaired) electrons. The second-order valence-electron chi connectivity index (χ2n) is 7.63. The van der Waals surface area contributed by atoms with E-state index in [2.05, 4.69) is 5.10 Å². The van der Waals surface area contributed by atoms with Crippen molar-refractivity contribution in [1.29, 1.82) is 0 Å². The number of hydrogen-bond donors (Lipinski definition) is 0. The molecule has 3 aromatic heterocycles. The number of thiophene rings is 2. The number of nitrogens with zero attached hydrogens (tertiary/aromatic N) is 4. The molecule has 3 aromatic rings. The van der Waals surface area contributed by atoms with E-state index in [9.17, 15) is 9.59 Å². The molecule has 0 atom stereocenters. The summed E-state index contributed by atoms with van der Waals surface area (Å²) in [4.78, 5) is 30.1. The molecule has 1 fully saturated rings. The van der Waals surface area contributed by atoms with E-state index in [1.54, 1.807) is 42.1 Å². The van der Waals surface area contributed by atoms with Crippen molar-refractivity contribution in [3.05, 3.63) is 55.2 Å². The van der Waals surface area contributed by atoms with Crippen LogP contribution in [-0.2, 0) is 5.75 Å². The Bertz CT molecular complexity index is 1100. The number of carbonyl (C=O) groups is 2. The van der Waals surface area contributed by atoms with Crippen LogP contribution in [0.3, 0.4) is 0 Å². The van der Waals surface area contributed by atoms with E-state index in [4.69, 9.17) is 11.6 Å². The van der Waals surface area contributed by atoms with Crippen LogP contribution in [0, 0.1) is 5.82 Å². The molecular weight excluding hydrogens is 491 g/mol. The molecular formula is C21H22ClFN4O2S3. The summed E-state index contributed by atoms with van der Waals surface area (Å²) in [5.41, 5.74) is 0.304. The first kappa shape index (κ1) is 23.3. The second kappa shape index (κ2) is 9.94. The van der Waals surface area contributed by atoms with Gasteiger partial charge >= 0.3 is 6.03 Å². The highest BCUT2D eigenvalue weighted by Crippen LogP contribution is 2.36. The highest BCUT2D eigenvalue weighted by atomic mass is 35.5. The number of likely N-dealkylation sites (tertiary alicyclic amines) is 1. The van der Waals surface area contributed by atoms with Crippen molar-refractivity contribution in [2.24, 2.45) is 0 Å². The first-order valence-corrected chi connectivity index (χ1v) is 13.1.